The first-order chi connectivity index (χ1) is 16.1. The molecule has 0 bridgehead atoms. The van der Waals surface area contributed by atoms with Gasteiger partial charge in [0.15, 0.2) is 0 Å². The summed E-state index contributed by atoms with van der Waals surface area (Å²) in [6, 6.07) is 16.9. The number of benzene rings is 2. The Morgan fingerprint density at radius 2 is 1.73 bits per heavy atom. The van der Waals surface area contributed by atoms with Gasteiger partial charge in [0.05, 0.1) is 5.56 Å². The van der Waals surface area contributed by atoms with Crippen molar-refractivity contribution in [1.82, 2.24) is 0 Å². The Bertz CT molecular complexity index is 868. The molecule has 4 heteroatoms. The molecule has 33 heavy (non-hydrogen) atoms. The van der Waals surface area contributed by atoms with Crippen LogP contribution >= 0.6 is 0 Å². The summed E-state index contributed by atoms with van der Waals surface area (Å²) < 4.78 is 31.8. The molecule has 1 aliphatic rings. The second kappa shape index (κ2) is 13.3. The maximum atomic E-state index is 13.7. The van der Waals surface area contributed by atoms with Crippen LogP contribution in [0.3, 0.4) is 0 Å². The number of rotatable bonds is 11. The monoisotopic (exact) mass is 454 g/mol. The lowest BCUT2D eigenvalue weighted by atomic mass is 9.77. The van der Waals surface area contributed by atoms with Crippen molar-refractivity contribution in [2.45, 2.75) is 83.2 Å². The molecule has 0 radical (unpaired) electrons. The molecule has 1 fully saturated rings. The predicted octanol–water partition coefficient (Wildman–Crippen LogP) is 8.48. The molecular weight excluding hydrogens is 418 g/mol. The van der Waals surface area contributed by atoms with Crippen molar-refractivity contribution >= 4 is 5.97 Å². The second-order valence-electron chi connectivity index (χ2n) is 9.31. The standard InChI is InChI=1S/C29H36F2O2/c1-2-3-5-8-22-11-15-24(16-12-22)25-17-13-23(14-18-25)19-28(20-27(31)21-30)33-29(32)26-9-6-4-7-10-26/h4,6-7,9-10,13-14,17-18,21-22,24,28H,2-3,5,8,11-12,15-16,19-20H2,1H3/b27-21-. The fourth-order valence-corrected chi connectivity index (χ4v) is 4.87. The zero-order valence-corrected chi connectivity index (χ0v) is 19.6. The Hall–Kier alpha value is -2.49. The summed E-state index contributed by atoms with van der Waals surface area (Å²) in [6.07, 6.45) is 9.66. The number of esters is 1. The number of carbonyl (C=O) groups is 1. The highest BCUT2D eigenvalue weighted by Crippen LogP contribution is 2.37. The molecule has 1 aliphatic carbocycles. The van der Waals surface area contributed by atoms with E-state index in [1.807, 2.05) is 12.1 Å². The van der Waals surface area contributed by atoms with Crippen molar-refractivity contribution in [2.24, 2.45) is 5.92 Å². The zero-order valence-electron chi connectivity index (χ0n) is 19.6. The molecule has 2 nitrogen and oxygen atoms in total. The van der Waals surface area contributed by atoms with E-state index in [0.29, 0.717) is 17.9 Å². The summed E-state index contributed by atoms with van der Waals surface area (Å²) in [6.45, 7) is 2.25. The number of carbonyl (C=O) groups excluding carboxylic acids is 1. The van der Waals surface area contributed by atoms with Crippen LogP contribution in [-0.4, -0.2) is 12.1 Å². The minimum absolute atomic E-state index is 0.0644. The minimum atomic E-state index is -0.923. The van der Waals surface area contributed by atoms with Crippen LogP contribution in [0.5, 0.6) is 0 Å². The fourth-order valence-electron chi connectivity index (χ4n) is 4.87. The zero-order chi connectivity index (χ0) is 23.5. The molecule has 2 aromatic carbocycles. The Morgan fingerprint density at radius 3 is 2.36 bits per heavy atom. The first kappa shape index (κ1) is 25.1. The van der Waals surface area contributed by atoms with Gasteiger partial charge >= 0.3 is 5.97 Å². The lowest BCUT2D eigenvalue weighted by Crippen LogP contribution is -2.21. The lowest BCUT2D eigenvalue weighted by Gasteiger charge is -2.29. The van der Waals surface area contributed by atoms with Gasteiger partial charge in [-0.25, -0.2) is 13.6 Å². The third-order valence-corrected chi connectivity index (χ3v) is 6.80. The molecule has 0 aromatic heterocycles. The van der Waals surface area contributed by atoms with Crippen LogP contribution in [0, 0.1) is 5.92 Å². The Labute approximate surface area is 197 Å². The minimum Gasteiger partial charge on any atom is -0.458 e. The van der Waals surface area contributed by atoms with Gasteiger partial charge < -0.3 is 4.74 Å². The van der Waals surface area contributed by atoms with Gasteiger partial charge in [0, 0.05) is 12.8 Å². The van der Waals surface area contributed by atoms with Crippen molar-refractivity contribution < 1.29 is 18.3 Å². The first-order valence-electron chi connectivity index (χ1n) is 12.4. The second-order valence-corrected chi connectivity index (χ2v) is 9.31. The molecule has 1 unspecified atom stereocenters. The number of unbranched alkanes of at least 4 members (excludes halogenated alkanes) is 2. The van der Waals surface area contributed by atoms with Gasteiger partial charge in [-0.15, -0.1) is 0 Å². The van der Waals surface area contributed by atoms with E-state index in [0.717, 1.165) is 11.5 Å². The molecule has 178 valence electrons. The molecule has 2 aromatic rings. The molecule has 0 N–H and O–H groups in total. The SMILES string of the molecule is CCCCCC1CCC(c2ccc(CC(C/C(F)=C/F)OC(=O)c3ccccc3)cc2)CC1. The van der Waals surface area contributed by atoms with Crippen molar-refractivity contribution in [3.8, 4) is 0 Å². The van der Waals surface area contributed by atoms with E-state index in [1.54, 1.807) is 30.3 Å². The van der Waals surface area contributed by atoms with Crippen molar-refractivity contribution in [2.75, 3.05) is 0 Å². The van der Waals surface area contributed by atoms with Crippen LogP contribution in [0.15, 0.2) is 66.8 Å². The molecule has 0 spiro atoms. The third-order valence-electron chi connectivity index (χ3n) is 6.80. The molecular formula is C29H36F2O2. The van der Waals surface area contributed by atoms with Gasteiger partial charge in [-0.2, -0.15) is 0 Å². The van der Waals surface area contributed by atoms with Gasteiger partial charge in [-0.05, 0) is 60.8 Å². The largest absolute Gasteiger partial charge is 0.458 e. The molecule has 0 aliphatic heterocycles. The summed E-state index contributed by atoms with van der Waals surface area (Å²) in [5.41, 5.74) is 2.69. The third kappa shape index (κ3) is 8.10. The molecule has 0 heterocycles. The summed E-state index contributed by atoms with van der Waals surface area (Å²) in [5, 5.41) is 0. The Morgan fingerprint density at radius 1 is 1.03 bits per heavy atom. The Kier molecular flexibility index (Phi) is 10.1. The number of halogens is 2. The van der Waals surface area contributed by atoms with Crippen molar-refractivity contribution in [1.29, 1.82) is 0 Å². The topological polar surface area (TPSA) is 26.3 Å². The molecule has 0 saturated heterocycles. The van der Waals surface area contributed by atoms with E-state index in [9.17, 15) is 13.6 Å². The van der Waals surface area contributed by atoms with E-state index in [2.05, 4.69) is 19.1 Å². The molecule has 1 atom stereocenters. The van der Waals surface area contributed by atoms with E-state index < -0.39 is 17.9 Å². The number of hydrogen-bond donors (Lipinski definition) is 0. The van der Waals surface area contributed by atoms with E-state index in [4.69, 9.17) is 4.74 Å². The summed E-state index contributed by atoms with van der Waals surface area (Å²) in [5.74, 6) is 0.0263. The summed E-state index contributed by atoms with van der Waals surface area (Å²) in [4.78, 5) is 12.4. The normalized spacial score (nSPS) is 19.8. The van der Waals surface area contributed by atoms with Crippen LogP contribution in [0.1, 0.15) is 92.1 Å². The summed E-state index contributed by atoms with van der Waals surface area (Å²) in [7, 11) is 0. The van der Waals surface area contributed by atoms with E-state index in [1.165, 1.54) is 56.9 Å². The average Bonchev–Trinajstić information content (AvgIpc) is 2.85. The van der Waals surface area contributed by atoms with Gasteiger partial charge in [0.1, 0.15) is 18.3 Å². The average molecular weight is 455 g/mol. The number of hydrogen-bond acceptors (Lipinski definition) is 2. The van der Waals surface area contributed by atoms with Crippen molar-refractivity contribution in [3.05, 3.63) is 83.4 Å². The highest BCUT2D eigenvalue weighted by Gasteiger charge is 2.23. The quantitative estimate of drug-likeness (QED) is 0.251. The van der Waals surface area contributed by atoms with Crippen LogP contribution in [-0.2, 0) is 11.2 Å². The first-order valence-corrected chi connectivity index (χ1v) is 12.4. The maximum Gasteiger partial charge on any atom is 0.338 e. The Balaban J connectivity index is 1.57. The highest BCUT2D eigenvalue weighted by atomic mass is 19.2. The molecule has 3 rings (SSSR count). The van der Waals surface area contributed by atoms with Gasteiger partial charge in [-0.1, -0.05) is 75.1 Å². The fraction of sp³-hybridized carbons (Fsp3) is 0.483. The van der Waals surface area contributed by atoms with E-state index >= 15 is 0 Å². The van der Waals surface area contributed by atoms with Crippen molar-refractivity contribution in [3.63, 3.8) is 0 Å². The van der Waals surface area contributed by atoms with Gasteiger partial charge in [0.2, 0.25) is 0 Å². The summed E-state index contributed by atoms with van der Waals surface area (Å²) >= 11 is 0. The van der Waals surface area contributed by atoms with E-state index in [-0.39, 0.29) is 12.8 Å². The highest BCUT2D eigenvalue weighted by molar-refractivity contribution is 5.89. The lowest BCUT2D eigenvalue weighted by molar-refractivity contribution is 0.0292. The van der Waals surface area contributed by atoms with Crippen LogP contribution in [0.2, 0.25) is 0 Å². The molecule has 0 amide bonds. The maximum absolute atomic E-state index is 13.7. The van der Waals surface area contributed by atoms with Crippen LogP contribution < -0.4 is 0 Å². The number of ether oxygens (including phenoxy) is 1. The smallest absolute Gasteiger partial charge is 0.338 e. The molecule has 1 saturated carbocycles. The van der Waals surface area contributed by atoms with Gasteiger partial charge in [0.25, 0.3) is 0 Å². The van der Waals surface area contributed by atoms with Gasteiger partial charge in [-0.3, -0.25) is 0 Å². The predicted molar refractivity (Wildman–Crippen MR) is 130 cm³/mol. The van der Waals surface area contributed by atoms with Crippen LogP contribution in [0.25, 0.3) is 0 Å². The van der Waals surface area contributed by atoms with Crippen LogP contribution in [0.4, 0.5) is 8.78 Å².